The predicted octanol–water partition coefficient (Wildman–Crippen LogP) is 1.000. The van der Waals surface area contributed by atoms with E-state index in [4.69, 9.17) is 4.74 Å². The predicted molar refractivity (Wildman–Crippen MR) is 107 cm³/mol. The number of aromatic amines is 1. The zero-order chi connectivity index (χ0) is 19.7. The summed E-state index contributed by atoms with van der Waals surface area (Å²) in [6.45, 7) is 3.82. The van der Waals surface area contributed by atoms with E-state index in [1.54, 1.807) is 12.1 Å². The topological polar surface area (TPSA) is 113 Å². The second-order valence-corrected chi connectivity index (χ2v) is 6.84. The van der Waals surface area contributed by atoms with Crippen LogP contribution in [0.15, 0.2) is 41.2 Å². The number of nitro groups is 1. The van der Waals surface area contributed by atoms with Gasteiger partial charge in [0, 0.05) is 15.4 Å². The summed E-state index contributed by atoms with van der Waals surface area (Å²) in [7, 11) is 1.25. The number of rotatable bonds is 4. The molecular formula is C18H13IN3O5-. The number of methoxy groups -OCH3 is 1. The van der Waals surface area contributed by atoms with Gasteiger partial charge in [-0.1, -0.05) is 6.58 Å². The highest BCUT2D eigenvalue weighted by Crippen LogP contribution is 2.34. The molecule has 8 nitrogen and oxygen atoms in total. The highest BCUT2D eigenvalue weighted by molar-refractivity contribution is 14.1. The molecule has 9 heteroatoms. The highest BCUT2D eigenvalue weighted by atomic mass is 127. The maximum atomic E-state index is 12.8. The van der Waals surface area contributed by atoms with Gasteiger partial charge in [0.2, 0.25) is 0 Å². The Morgan fingerprint density at radius 3 is 2.56 bits per heavy atom. The molecule has 138 valence electrons. The summed E-state index contributed by atoms with van der Waals surface area (Å²) >= 11 is 2.16. The molecule has 0 fully saturated rings. The van der Waals surface area contributed by atoms with E-state index in [1.165, 1.54) is 23.9 Å². The lowest BCUT2D eigenvalue weighted by molar-refractivity contribution is -0.398. The first-order chi connectivity index (χ1) is 12.8. The Bertz CT molecular complexity index is 1200. The summed E-state index contributed by atoms with van der Waals surface area (Å²) in [4.78, 5) is 23.1. The van der Waals surface area contributed by atoms with Gasteiger partial charge < -0.3 is 9.84 Å². The maximum absolute atomic E-state index is 12.8. The van der Waals surface area contributed by atoms with Crippen LogP contribution in [0.5, 0.6) is 11.5 Å². The van der Waals surface area contributed by atoms with Crippen LogP contribution >= 0.6 is 22.6 Å². The molecule has 0 aliphatic heterocycles. The largest absolute Gasteiger partial charge is 0.865 e. The van der Waals surface area contributed by atoms with Gasteiger partial charge in [-0.25, -0.2) is 4.68 Å². The normalized spacial score (nSPS) is 11.6. The molecule has 0 bridgehead atoms. The highest BCUT2D eigenvalue weighted by Gasteiger charge is 2.13. The van der Waals surface area contributed by atoms with Gasteiger partial charge in [0.05, 0.1) is 28.3 Å². The molecule has 1 heterocycles. The molecule has 0 aliphatic carbocycles. The third-order valence-electron chi connectivity index (χ3n) is 3.88. The van der Waals surface area contributed by atoms with Crippen LogP contribution in [0.3, 0.4) is 0 Å². The first kappa shape index (κ1) is 18.7. The van der Waals surface area contributed by atoms with Gasteiger partial charge in [0.25, 0.3) is 11.2 Å². The van der Waals surface area contributed by atoms with Crippen LogP contribution in [0, 0.1) is 13.7 Å². The third-order valence-corrected chi connectivity index (χ3v) is 4.59. The fourth-order valence-corrected chi connectivity index (χ4v) is 2.92. The van der Waals surface area contributed by atoms with Crippen molar-refractivity contribution in [2.75, 3.05) is 7.11 Å². The lowest BCUT2D eigenvalue weighted by Gasteiger charge is -2.13. The van der Waals surface area contributed by atoms with E-state index >= 15 is 0 Å². The molecule has 27 heavy (non-hydrogen) atoms. The van der Waals surface area contributed by atoms with Crippen LogP contribution in [-0.4, -0.2) is 21.8 Å². The molecule has 0 spiro atoms. The number of ether oxygens (including phenoxy) is 1. The first-order valence-corrected chi connectivity index (χ1v) is 8.70. The number of aromatic nitrogens is 2. The van der Waals surface area contributed by atoms with E-state index in [1.807, 2.05) is 12.1 Å². The molecule has 0 atom stereocenters. The van der Waals surface area contributed by atoms with Crippen molar-refractivity contribution in [1.82, 2.24) is 9.78 Å². The van der Waals surface area contributed by atoms with Crippen LogP contribution in [0.1, 0.15) is 5.56 Å². The van der Waals surface area contributed by atoms with E-state index in [0.717, 1.165) is 9.64 Å². The molecule has 0 unspecified atom stereocenters. The van der Waals surface area contributed by atoms with Crippen LogP contribution in [-0.2, 0) is 0 Å². The first-order valence-electron chi connectivity index (χ1n) is 7.63. The Hall–Kier alpha value is -3.08. The fraction of sp³-hybridized carbons (Fsp3) is 0.0556. The van der Waals surface area contributed by atoms with Crippen molar-refractivity contribution in [2.45, 2.75) is 0 Å². The van der Waals surface area contributed by atoms with Gasteiger partial charge in [0.15, 0.2) is 0 Å². The second-order valence-electron chi connectivity index (χ2n) is 5.59. The number of hydrogen-bond acceptors (Lipinski definition) is 5. The van der Waals surface area contributed by atoms with E-state index in [2.05, 4.69) is 34.3 Å². The zero-order valence-corrected chi connectivity index (χ0v) is 16.2. The Morgan fingerprint density at radius 2 is 1.96 bits per heavy atom. The fourth-order valence-electron chi connectivity index (χ4n) is 2.56. The smallest absolute Gasteiger partial charge is 0.279 e. The second kappa shape index (κ2) is 7.27. The number of benzene rings is 2. The molecular weight excluding hydrogens is 465 g/mol. The van der Waals surface area contributed by atoms with Crippen molar-refractivity contribution >= 4 is 40.9 Å². The molecule has 1 N–H and O–H groups in total. The molecule has 0 radical (unpaired) electrons. The van der Waals surface area contributed by atoms with Crippen molar-refractivity contribution in [3.05, 3.63) is 76.6 Å². The van der Waals surface area contributed by atoms with Gasteiger partial charge >= 0.3 is 0 Å². The van der Waals surface area contributed by atoms with Crippen LogP contribution in [0.4, 0.5) is 5.69 Å². The van der Waals surface area contributed by atoms with Gasteiger partial charge in [-0.3, -0.25) is 20.0 Å². The van der Waals surface area contributed by atoms with Gasteiger partial charge in [-0.05, 0) is 64.6 Å². The molecule has 2 aromatic carbocycles. The lowest BCUT2D eigenvalue weighted by atomic mass is 10.1. The molecule has 3 aromatic rings. The van der Waals surface area contributed by atoms with Gasteiger partial charge in [-0.2, -0.15) is 0 Å². The summed E-state index contributed by atoms with van der Waals surface area (Å²) in [6, 6.07) is 9.72. The van der Waals surface area contributed by atoms with Crippen molar-refractivity contribution < 1.29 is 14.8 Å². The van der Waals surface area contributed by atoms with Crippen LogP contribution < -0.4 is 26.0 Å². The summed E-state index contributed by atoms with van der Waals surface area (Å²) in [5.41, 5.74) is -0.0777. The molecule has 3 rings (SSSR count). The average molecular weight is 478 g/mol. The molecule has 0 saturated heterocycles. The minimum Gasteiger partial charge on any atom is -0.865 e. The summed E-state index contributed by atoms with van der Waals surface area (Å²) in [5.74, 6) is -0.991. The summed E-state index contributed by atoms with van der Waals surface area (Å²) in [5, 5.41) is 26.5. The van der Waals surface area contributed by atoms with Crippen molar-refractivity contribution in [3.63, 3.8) is 0 Å². The van der Waals surface area contributed by atoms with Crippen molar-refractivity contribution in [2.24, 2.45) is 0 Å². The zero-order valence-electron chi connectivity index (χ0n) is 14.1. The average Bonchev–Trinajstić information content (AvgIpc) is 2.91. The lowest BCUT2D eigenvalue weighted by Crippen LogP contribution is -2.33. The van der Waals surface area contributed by atoms with Gasteiger partial charge in [0.1, 0.15) is 5.75 Å². The summed E-state index contributed by atoms with van der Waals surface area (Å²) in [6.07, 6.45) is 1.43. The SMILES string of the molecule is C=c1[nH]n(-c2ccc(I)cc2)c(=O)/c1=C\c1cc(OC)c([O-])c([N+](=O)[O-])c1. The summed E-state index contributed by atoms with van der Waals surface area (Å²) < 4.78 is 7.27. The standard InChI is InChI=1S/C18H14IN3O5/c1-10-14(18(24)21(20-10)13-5-3-12(19)4-6-13)7-11-8-15(22(25)26)17(23)16(9-11)27-2/h3-9,20,23H,1H2,2H3/p-1/b14-7-. The number of hydrogen-bond donors (Lipinski definition) is 1. The number of nitrogens with one attached hydrogen (secondary N) is 1. The molecule has 1 aromatic heterocycles. The van der Waals surface area contributed by atoms with E-state index in [9.17, 15) is 20.0 Å². The number of nitrogens with zero attached hydrogens (tertiary/aromatic N) is 2. The van der Waals surface area contributed by atoms with Gasteiger partial charge in [-0.15, -0.1) is 0 Å². The van der Waals surface area contributed by atoms with Crippen LogP contribution in [0.2, 0.25) is 0 Å². The van der Waals surface area contributed by atoms with E-state index in [0.29, 0.717) is 11.0 Å². The van der Waals surface area contributed by atoms with Crippen molar-refractivity contribution in [1.29, 1.82) is 0 Å². The minimum absolute atomic E-state index is 0.172. The maximum Gasteiger partial charge on any atom is 0.279 e. The van der Waals surface area contributed by atoms with Crippen molar-refractivity contribution in [3.8, 4) is 17.2 Å². The Labute approximate surface area is 166 Å². The van der Waals surface area contributed by atoms with E-state index in [-0.39, 0.29) is 22.1 Å². The molecule has 0 saturated carbocycles. The number of H-pyrrole nitrogens is 1. The number of nitro benzene ring substituents is 1. The van der Waals surface area contributed by atoms with E-state index < -0.39 is 16.4 Å². The third kappa shape index (κ3) is 3.58. The Balaban J connectivity index is 2.21. The Morgan fingerprint density at radius 1 is 1.30 bits per heavy atom. The Kier molecular flexibility index (Phi) is 5.04. The monoisotopic (exact) mass is 478 g/mol. The number of halogens is 1. The molecule has 0 amide bonds. The minimum atomic E-state index is -0.820. The quantitative estimate of drug-likeness (QED) is 0.342. The molecule has 0 aliphatic rings. The van der Waals surface area contributed by atoms with Crippen LogP contribution in [0.25, 0.3) is 18.3 Å².